The van der Waals surface area contributed by atoms with Gasteiger partial charge in [-0.2, -0.15) is 0 Å². The molecule has 0 saturated carbocycles. The monoisotopic (exact) mass is 401 g/mol. The largest absolute Gasteiger partial charge is 0.492 e. The van der Waals surface area contributed by atoms with Crippen molar-refractivity contribution in [2.75, 3.05) is 32.8 Å². The molecule has 0 N–H and O–H groups in total. The van der Waals surface area contributed by atoms with Gasteiger partial charge in [0.1, 0.15) is 12.4 Å². The molecule has 2 aromatic carbocycles. The standard InChI is InChI=1S/C25H27N3O2/c1-20-12-13-22(18-26-20)25(29)28-16-14-27(15-17-28)24(21-8-4-2-5-9-21)19-30-23-10-6-3-7-11-23/h2-13,18,24H,14-17,19H2,1H3. The summed E-state index contributed by atoms with van der Waals surface area (Å²) in [7, 11) is 0. The molecule has 5 heteroatoms. The van der Waals surface area contributed by atoms with Crippen LogP contribution in [0.2, 0.25) is 0 Å². The van der Waals surface area contributed by atoms with Crippen LogP contribution in [0.4, 0.5) is 0 Å². The van der Waals surface area contributed by atoms with Crippen molar-refractivity contribution in [3.63, 3.8) is 0 Å². The molecule has 1 aliphatic rings. The Morgan fingerprint density at radius 3 is 2.23 bits per heavy atom. The highest BCUT2D eigenvalue weighted by Gasteiger charge is 2.28. The molecule has 0 bridgehead atoms. The molecule has 0 spiro atoms. The van der Waals surface area contributed by atoms with Crippen LogP contribution >= 0.6 is 0 Å². The lowest BCUT2D eigenvalue weighted by Gasteiger charge is -2.39. The van der Waals surface area contributed by atoms with Crippen LogP contribution in [0.5, 0.6) is 5.75 Å². The molecule has 1 amide bonds. The molecule has 2 heterocycles. The number of ether oxygens (including phenoxy) is 1. The van der Waals surface area contributed by atoms with Crippen molar-refractivity contribution in [1.29, 1.82) is 0 Å². The topological polar surface area (TPSA) is 45.7 Å². The number of carbonyl (C=O) groups excluding carboxylic acids is 1. The first-order chi connectivity index (χ1) is 14.7. The number of carbonyl (C=O) groups is 1. The zero-order valence-electron chi connectivity index (χ0n) is 17.3. The molecule has 1 fully saturated rings. The fourth-order valence-electron chi connectivity index (χ4n) is 3.79. The van der Waals surface area contributed by atoms with Crippen molar-refractivity contribution < 1.29 is 9.53 Å². The van der Waals surface area contributed by atoms with Gasteiger partial charge in [0, 0.05) is 38.1 Å². The predicted octanol–water partition coefficient (Wildman–Crippen LogP) is 3.97. The van der Waals surface area contributed by atoms with E-state index in [-0.39, 0.29) is 11.9 Å². The highest BCUT2D eigenvalue weighted by Crippen LogP contribution is 2.24. The van der Waals surface area contributed by atoms with Crippen LogP contribution in [0, 0.1) is 6.92 Å². The zero-order chi connectivity index (χ0) is 20.8. The van der Waals surface area contributed by atoms with Gasteiger partial charge in [0.25, 0.3) is 5.91 Å². The summed E-state index contributed by atoms with van der Waals surface area (Å²) in [6.07, 6.45) is 1.67. The normalized spacial score (nSPS) is 15.6. The van der Waals surface area contributed by atoms with E-state index in [2.05, 4.69) is 34.1 Å². The number of rotatable bonds is 6. The van der Waals surface area contributed by atoms with Gasteiger partial charge in [-0.3, -0.25) is 14.7 Å². The van der Waals surface area contributed by atoms with Crippen LogP contribution in [-0.2, 0) is 0 Å². The number of piperazine rings is 1. The minimum atomic E-state index is 0.0546. The van der Waals surface area contributed by atoms with Gasteiger partial charge in [0.05, 0.1) is 11.6 Å². The Hall–Kier alpha value is -3.18. The van der Waals surface area contributed by atoms with E-state index in [1.54, 1.807) is 6.20 Å². The van der Waals surface area contributed by atoms with Gasteiger partial charge in [-0.25, -0.2) is 0 Å². The summed E-state index contributed by atoms with van der Waals surface area (Å²) >= 11 is 0. The number of benzene rings is 2. The Labute approximate surface area is 177 Å². The lowest BCUT2D eigenvalue weighted by atomic mass is 10.0. The quantitative estimate of drug-likeness (QED) is 0.627. The molecule has 1 atom stereocenters. The van der Waals surface area contributed by atoms with Gasteiger partial charge in [-0.15, -0.1) is 0 Å². The molecule has 4 rings (SSSR count). The Morgan fingerprint density at radius 1 is 0.933 bits per heavy atom. The number of amides is 1. The molecule has 30 heavy (non-hydrogen) atoms. The number of aromatic nitrogens is 1. The molecular formula is C25H27N3O2. The SMILES string of the molecule is Cc1ccc(C(=O)N2CCN(C(COc3ccccc3)c3ccccc3)CC2)cn1. The van der Waals surface area contributed by atoms with E-state index >= 15 is 0 Å². The van der Waals surface area contributed by atoms with E-state index < -0.39 is 0 Å². The Morgan fingerprint density at radius 2 is 1.60 bits per heavy atom. The van der Waals surface area contributed by atoms with Crippen molar-refractivity contribution in [1.82, 2.24) is 14.8 Å². The Kier molecular flexibility index (Phi) is 6.40. The fourth-order valence-corrected chi connectivity index (χ4v) is 3.79. The number of aryl methyl sites for hydroxylation is 1. The number of hydrogen-bond acceptors (Lipinski definition) is 4. The van der Waals surface area contributed by atoms with Crippen molar-refractivity contribution in [3.05, 3.63) is 95.8 Å². The van der Waals surface area contributed by atoms with Gasteiger partial charge < -0.3 is 9.64 Å². The third kappa shape index (κ3) is 4.86. The molecule has 1 aliphatic heterocycles. The van der Waals surface area contributed by atoms with Crippen LogP contribution < -0.4 is 4.74 Å². The molecule has 154 valence electrons. The lowest BCUT2D eigenvalue weighted by molar-refractivity contribution is 0.0499. The highest BCUT2D eigenvalue weighted by atomic mass is 16.5. The van der Waals surface area contributed by atoms with Crippen molar-refractivity contribution >= 4 is 5.91 Å². The first kappa shape index (κ1) is 20.1. The van der Waals surface area contributed by atoms with Crippen LogP contribution in [0.25, 0.3) is 0 Å². The summed E-state index contributed by atoms with van der Waals surface area (Å²) in [5.41, 5.74) is 2.80. The second-order valence-corrected chi connectivity index (χ2v) is 7.57. The lowest BCUT2D eigenvalue weighted by Crippen LogP contribution is -2.50. The second kappa shape index (κ2) is 9.55. The summed E-state index contributed by atoms with van der Waals surface area (Å²) in [4.78, 5) is 21.4. The van der Waals surface area contributed by atoms with Gasteiger partial charge in [-0.05, 0) is 36.8 Å². The molecule has 3 aromatic rings. The first-order valence-corrected chi connectivity index (χ1v) is 10.4. The number of pyridine rings is 1. The van der Waals surface area contributed by atoms with E-state index in [1.165, 1.54) is 5.56 Å². The summed E-state index contributed by atoms with van der Waals surface area (Å²) in [5.74, 6) is 0.929. The number of para-hydroxylation sites is 1. The summed E-state index contributed by atoms with van der Waals surface area (Å²) in [6, 6.07) is 24.3. The smallest absolute Gasteiger partial charge is 0.255 e. The fraction of sp³-hybridized carbons (Fsp3) is 0.280. The maximum Gasteiger partial charge on any atom is 0.255 e. The van der Waals surface area contributed by atoms with Gasteiger partial charge in [0.2, 0.25) is 0 Å². The van der Waals surface area contributed by atoms with E-state index in [9.17, 15) is 4.79 Å². The van der Waals surface area contributed by atoms with E-state index in [1.807, 2.05) is 60.4 Å². The molecule has 0 radical (unpaired) electrons. The van der Waals surface area contributed by atoms with Crippen molar-refractivity contribution in [2.24, 2.45) is 0 Å². The minimum absolute atomic E-state index is 0.0546. The zero-order valence-corrected chi connectivity index (χ0v) is 17.3. The minimum Gasteiger partial charge on any atom is -0.492 e. The summed E-state index contributed by atoms with van der Waals surface area (Å²) < 4.78 is 6.10. The number of nitrogens with zero attached hydrogens (tertiary/aromatic N) is 3. The first-order valence-electron chi connectivity index (χ1n) is 10.4. The molecule has 5 nitrogen and oxygen atoms in total. The number of hydrogen-bond donors (Lipinski definition) is 0. The predicted molar refractivity (Wildman–Crippen MR) is 118 cm³/mol. The van der Waals surface area contributed by atoms with Crippen molar-refractivity contribution in [2.45, 2.75) is 13.0 Å². The molecule has 1 aromatic heterocycles. The average Bonchev–Trinajstić information content (AvgIpc) is 2.81. The van der Waals surface area contributed by atoms with E-state index in [0.29, 0.717) is 25.3 Å². The molecular weight excluding hydrogens is 374 g/mol. The summed E-state index contributed by atoms with van der Waals surface area (Å²) in [6.45, 7) is 5.51. The maximum atomic E-state index is 12.8. The maximum absolute atomic E-state index is 12.8. The Bertz CT molecular complexity index is 937. The molecule has 1 unspecified atom stereocenters. The van der Waals surface area contributed by atoms with Gasteiger partial charge in [0.15, 0.2) is 0 Å². The molecule has 0 aliphatic carbocycles. The van der Waals surface area contributed by atoms with Gasteiger partial charge >= 0.3 is 0 Å². The second-order valence-electron chi connectivity index (χ2n) is 7.57. The summed E-state index contributed by atoms with van der Waals surface area (Å²) in [5, 5.41) is 0. The third-order valence-corrected chi connectivity index (χ3v) is 5.54. The van der Waals surface area contributed by atoms with Crippen molar-refractivity contribution in [3.8, 4) is 5.75 Å². The van der Waals surface area contributed by atoms with Crippen LogP contribution in [0.3, 0.4) is 0 Å². The van der Waals surface area contributed by atoms with E-state index in [0.717, 1.165) is 24.5 Å². The van der Waals surface area contributed by atoms with Gasteiger partial charge in [-0.1, -0.05) is 48.5 Å². The van der Waals surface area contributed by atoms with Crippen LogP contribution in [0.15, 0.2) is 79.0 Å². The third-order valence-electron chi connectivity index (χ3n) is 5.54. The Balaban J connectivity index is 1.42. The van der Waals surface area contributed by atoms with Crippen LogP contribution in [-0.4, -0.2) is 53.5 Å². The molecule has 1 saturated heterocycles. The highest BCUT2D eigenvalue weighted by molar-refractivity contribution is 5.94. The van der Waals surface area contributed by atoms with E-state index in [4.69, 9.17) is 4.74 Å². The average molecular weight is 402 g/mol. The van der Waals surface area contributed by atoms with Crippen LogP contribution in [0.1, 0.15) is 27.7 Å².